The monoisotopic (exact) mass is 287 g/mol. The number of hydrogen-bond donors (Lipinski definition) is 2. The average molecular weight is 287 g/mol. The largest absolute Gasteiger partial charge is 0.379 e. The first-order valence-corrected chi connectivity index (χ1v) is 6.71. The standard InChI is InChI=1S/C14H17N5O2/c1-14(9-21-8-11(14)15)13(20)18-10-4-2-5-16-12(10)19-7-3-6-17-19/h2-7,11H,8-9,15H2,1H3,(H,18,20). The molecule has 1 fully saturated rings. The molecule has 7 nitrogen and oxygen atoms in total. The molecule has 0 aliphatic carbocycles. The van der Waals surface area contributed by atoms with Crippen LogP contribution in [-0.4, -0.2) is 39.9 Å². The van der Waals surface area contributed by atoms with Gasteiger partial charge in [0, 0.05) is 24.6 Å². The number of nitrogens with two attached hydrogens (primary N) is 1. The number of hydrogen-bond acceptors (Lipinski definition) is 5. The van der Waals surface area contributed by atoms with Crippen molar-refractivity contribution in [2.45, 2.75) is 13.0 Å². The third kappa shape index (κ3) is 2.41. The number of carbonyl (C=O) groups excluding carboxylic acids is 1. The molecule has 2 unspecified atom stereocenters. The number of pyridine rings is 1. The minimum Gasteiger partial charge on any atom is -0.379 e. The van der Waals surface area contributed by atoms with Gasteiger partial charge in [0.15, 0.2) is 5.82 Å². The molecule has 1 aliphatic heterocycles. The Morgan fingerprint density at radius 1 is 1.52 bits per heavy atom. The minimum absolute atomic E-state index is 0.172. The van der Waals surface area contributed by atoms with Crippen molar-refractivity contribution in [1.82, 2.24) is 14.8 Å². The Hall–Kier alpha value is -2.25. The van der Waals surface area contributed by atoms with Crippen molar-refractivity contribution in [2.75, 3.05) is 18.5 Å². The lowest BCUT2D eigenvalue weighted by Crippen LogP contribution is -2.47. The molecule has 1 aliphatic rings. The summed E-state index contributed by atoms with van der Waals surface area (Å²) in [5, 5.41) is 7.03. The number of rotatable bonds is 3. The Morgan fingerprint density at radius 2 is 2.38 bits per heavy atom. The first kappa shape index (κ1) is 13.7. The smallest absolute Gasteiger partial charge is 0.234 e. The van der Waals surface area contributed by atoms with Gasteiger partial charge < -0.3 is 15.8 Å². The van der Waals surface area contributed by atoms with Crippen LogP contribution in [0.15, 0.2) is 36.8 Å². The highest BCUT2D eigenvalue weighted by atomic mass is 16.5. The van der Waals surface area contributed by atoms with Crippen molar-refractivity contribution in [1.29, 1.82) is 0 Å². The Morgan fingerprint density at radius 3 is 3.05 bits per heavy atom. The molecular weight excluding hydrogens is 270 g/mol. The van der Waals surface area contributed by atoms with Crippen LogP contribution in [0, 0.1) is 5.41 Å². The average Bonchev–Trinajstić information content (AvgIpc) is 3.11. The Kier molecular flexibility index (Phi) is 3.44. The highest BCUT2D eigenvalue weighted by molar-refractivity contribution is 5.97. The predicted molar refractivity (Wildman–Crippen MR) is 76.9 cm³/mol. The molecule has 2 aromatic rings. The first-order valence-electron chi connectivity index (χ1n) is 6.71. The van der Waals surface area contributed by atoms with E-state index in [9.17, 15) is 4.79 Å². The summed E-state index contributed by atoms with van der Waals surface area (Å²) in [6.07, 6.45) is 5.07. The lowest BCUT2D eigenvalue weighted by Gasteiger charge is -2.25. The van der Waals surface area contributed by atoms with Gasteiger partial charge in [-0.3, -0.25) is 4.79 Å². The maximum atomic E-state index is 12.5. The third-order valence-corrected chi connectivity index (χ3v) is 3.79. The van der Waals surface area contributed by atoms with E-state index < -0.39 is 5.41 Å². The predicted octanol–water partition coefficient (Wildman–Crippen LogP) is 0.570. The zero-order valence-corrected chi connectivity index (χ0v) is 11.7. The van der Waals surface area contributed by atoms with Gasteiger partial charge in [0.25, 0.3) is 0 Å². The van der Waals surface area contributed by atoms with E-state index in [1.165, 1.54) is 0 Å². The Labute approximate surface area is 122 Å². The summed E-state index contributed by atoms with van der Waals surface area (Å²) in [6, 6.07) is 5.02. The molecule has 2 aromatic heterocycles. The van der Waals surface area contributed by atoms with Crippen LogP contribution in [-0.2, 0) is 9.53 Å². The second kappa shape index (κ2) is 5.27. The minimum atomic E-state index is -0.739. The normalized spacial score (nSPS) is 25.0. The fraction of sp³-hybridized carbons (Fsp3) is 0.357. The fourth-order valence-electron chi connectivity index (χ4n) is 2.26. The first-order chi connectivity index (χ1) is 10.1. The van der Waals surface area contributed by atoms with Crippen LogP contribution in [0.3, 0.4) is 0 Å². The second-order valence-corrected chi connectivity index (χ2v) is 5.32. The molecule has 21 heavy (non-hydrogen) atoms. The van der Waals surface area contributed by atoms with E-state index in [2.05, 4.69) is 15.4 Å². The number of anilines is 1. The van der Waals surface area contributed by atoms with E-state index in [0.717, 1.165) is 0 Å². The van der Waals surface area contributed by atoms with Crippen LogP contribution >= 0.6 is 0 Å². The molecule has 0 bridgehead atoms. The van der Waals surface area contributed by atoms with Gasteiger partial charge in [0.05, 0.1) is 24.3 Å². The molecule has 110 valence electrons. The molecule has 1 amide bonds. The number of ether oxygens (including phenoxy) is 1. The van der Waals surface area contributed by atoms with Crippen molar-refractivity contribution in [3.8, 4) is 5.82 Å². The maximum absolute atomic E-state index is 12.5. The number of amides is 1. The molecule has 3 rings (SSSR count). The summed E-state index contributed by atoms with van der Waals surface area (Å²) in [5.41, 5.74) is 5.83. The summed E-state index contributed by atoms with van der Waals surface area (Å²) < 4.78 is 6.91. The van der Waals surface area contributed by atoms with Crippen LogP contribution < -0.4 is 11.1 Å². The highest BCUT2D eigenvalue weighted by Gasteiger charge is 2.44. The summed E-state index contributed by atoms with van der Waals surface area (Å²) in [5.74, 6) is 0.390. The van der Waals surface area contributed by atoms with Gasteiger partial charge in [0.2, 0.25) is 5.91 Å². The Bertz CT molecular complexity index is 643. The van der Waals surface area contributed by atoms with Crippen LogP contribution in [0.25, 0.3) is 5.82 Å². The van der Waals surface area contributed by atoms with Gasteiger partial charge in [-0.15, -0.1) is 0 Å². The topological polar surface area (TPSA) is 95.1 Å². The summed E-state index contributed by atoms with van der Waals surface area (Å²) in [4.78, 5) is 16.8. The number of nitrogens with zero attached hydrogens (tertiary/aromatic N) is 3. The molecule has 3 heterocycles. The third-order valence-electron chi connectivity index (χ3n) is 3.79. The van der Waals surface area contributed by atoms with E-state index in [-0.39, 0.29) is 11.9 Å². The molecule has 2 atom stereocenters. The van der Waals surface area contributed by atoms with Crippen LogP contribution in [0.2, 0.25) is 0 Å². The quantitative estimate of drug-likeness (QED) is 0.860. The summed E-state index contributed by atoms with van der Waals surface area (Å²) in [6.45, 7) is 2.52. The van der Waals surface area contributed by atoms with Gasteiger partial charge in [-0.2, -0.15) is 5.10 Å². The molecule has 0 radical (unpaired) electrons. The molecule has 0 aromatic carbocycles. The number of nitrogens with one attached hydrogen (secondary N) is 1. The van der Waals surface area contributed by atoms with Crippen LogP contribution in [0.5, 0.6) is 0 Å². The van der Waals surface area contributed by atoms with Crippen molar-refractivity contribution in [3.05, 3.63) is 36.8 Å². The van der Waals surface area contributed by atoms with Crippen molar-refractivity contribution in [3.63, 3.8) is 0 Å². The SMILES string of the molecule is CC1(C(=O)Nc2cccnc2-n2cccn2)COCC1N. The van der Waals surface area contributed by atoms with Gasteiger partial charge >= 0.3 is 0 Å². The Balaban J connectivity index is 1.87. The molecule has 7 heteroatoms. The fourth-order valence-corrected chi connectivity index (χ4v) is 2.26. The zero-order chi connectivity index (χ0) is 14.9. The molecule has 0 saturated carbocycles. The molecule has 0 spiro atoms. The lowest BCUT2D eigenvalue weighted by molar-refractivity contribution is -0.125. The van der Waals surface area contributed by atoms with E-state index in [0.29, 0.717) is 24.7 Å². The van der Waals surface area contributed by atoms with Crippen molar-refractivity contribution < 1.29 is 9.53 Å². The lowest BCUT2D eigenvalue weighted by atomic mass is 9.85. The van der Waals surface area contributed by atoms with Gasteiger partial charge in [-0.25, -0.2) is 9.67 Å². The highest BCUT2D eigenvalue weighted by Crippen LogP contribution is 2.29. The number of carbonyl (C=O) groups is 1. The maximum Gasteiger partial charge on any atom is 0.234 e. The summed E-state index contributed by atoms with van der Waals surface area (Å²) in [7, 11) is 0. The van der Waals surface area contributed by atoms with Gasteiger partial charge in [0.1, 0.15) is 0 Å². The van der Waals surface area contributed by atoms with E-state index in [1.807, 2.05) is 6.92 Å². The van der Waals surface area contributed by atoms with Gasteiger partial charge in [-0.05, 0) is 25.1 Å². The second-order valence-electron chi connectivity index (χ2n) is 5.32. The van der Waals surface area contributed by atoms with Crippen molar-refractivity contribution >= 4 is 11.6 Å². The van der Waals surface area contributed by atoms with E-state index in [4.69, 9.17) is 10.5 Å². The van der Waals surface area contributed by atoms with Crippen molar-refractivity contribution in [2.24, 2.45) is 11.1 Å². The summed E-state index contributed by atoms with van der Waals surface area (Å²) >= 11 is 0. The zero-order valence-electron chi connectivity index (χ0n) is 11.7. The molecule has 1 saturated heterocycles. The van der Waals surface area contributed by atoms with E-state index >= 15 is 0 Å². The van der Waals surface area contributed by atoms with E-state index in [1.54, 1.807) is 41.5 Å². The molecular formula is C14H17N5O2. The number of aromatic nitrogens is 3. The van der Waals surface area contributed by atoms with Gasteiger partial charge in [-0.1, -0.05) is 0 Å². The molecule has 3 N–H and O–H groups in total. The van der Waals surface area contributed by atoms with Crippen LogP contribution in [0.1, 0.15) is 6.92 Å². The van der Waals surface area contributed by atoms with Crippen LogP contribution in [0.4, 0.5) is 5.69 Å².